The molecule has 3 aromatic rings. The number of carbonyl (C=O) groups is 3. The van der Waals surface area contributed by atoms with Gasteiger partial charge < -0.3 is 26.1 Å². The molecule has 8 heteroatoms. The van der Waals surface area contributed by atoms with Gasteiger partial charge in [0.1, 0.15) is 18.7 Å². The topological polar surface area (TPSA) is 126 Å². The Balaban J connectivity index is 1.62. The third-order valence-electron chi connectivity index (χ3n) is 5.16. The van der Waals surface area contributed by atoms with Crippen LogP contribution in [0.2, 0.25) is 0 Å². The molecule has 3 amide bonds. The van der Waals surface area contributed by atoms with Gasteiger partial charge in [-0.3, -0.25) is 9.59 Å². The quantitative estimate of drug-likeness (QED) is 0.390. The fraction of sp³-hybridized carbons (Fsp3) is 0.292. The molecule has 168 valence electrons. The zero-order valence-electron chi connectivity index (χ0n) is 18.0. The monoisotopic (exact) mass is 436 g/mol. The standard InChI is InChI=1S/C24H28N4O4/c1-2-8-20(28-24(31)32-15-16-9-4-3-5-10-16)23(30)27-21(22(25)29)13-17-14-26-19-12-7-6-11-18(17)19/h3-7,9-12,14,20-21,26H,2,8,13,15H2,1H3,(H2,25,29)(H,27,30)(H,28,31). The van der Waals surface area contributed by atoms with Crippen LogP contribution in [0, 0.1) is 0 Å². The van der Waals surface area contributed by atoms with Crippen LogP contribution in [-0.2, 0) is 27.4 Å². The molecule has 2 aromatic carbocycles. The van der Waals surface area contributed by atoms with Crippen LogP contribution >= 0.6 is 0 Å². The first-order chi connectivity index (χ1) is 15.5. The van der Waals surface area contributed by atoms with E-state index in [0.29, 0.717) is 12.8 Å². The van der Waals surface area contributed by atoms with Gasteiger partial charge in [-0.15, -0.1) is 0 Å². The summed E-state index contributed by atoms with van der Waals surface area (Å²) in [7, 11) is 0. The summed E-state index contributed by atoms with van der Waals surface area (Å²) in [5.41, 5.74) is 8.20. The Kier molecular flexibility index (Phi) is 7.85. The van der Waals surface area contributed by atoms with Crippen LogP contribution in [0.1, 0.15) is 30.9 Å². The molecule has 0 saturated heterocycles. The molecule has 1 aromatic heterocycles. The van der Waals surface area contributed by atoms with Crippen LogP contribution in [0.4, 0.5) is 4.79 Å². The van der Waals surface area contributed by atoms with Crippen molar-refractivity contribution in [3.05, 3.63) is 71.9 Å². The summed E-state index contributed by atoms with van der Waals surface area (Å²) < 4.78 is 5.22. The van der Waals surface area contributed by atoms with Gasteiger partial charge in [-0.25, -0.2) is 4.79 Å². The summed E-state index contributed by atoms with van der Waals surface area (Å²) in [6.07, 6.45) is 2.39. The molecule has 1 heterocycles. The number of aromatic nitrogens is 1. The van der Waals surface area contributed by atoms with E-state index in [4.69, 9.17) is 10.5 Å². The summed E-state index contributed by atoms with van der Waals surface area (Å²) in [6, 6.07) is 15.2. The minimum Gasteiger partial charge on any atom is -0.445 e. The van der Waals surface area contributed by atoms with E-state index in [-0.39, 0.29) is 13.0 Å². The molecule has 2 atom stereocenters. The number of aromatic amines is 1. The van der Waals surface area contributed by atoms with E-state index in [1.54, 1.807) is 6.20 Å². The molecule has 32 heavy (non-hydrogen) atoms. The lowest BCUT2D eigenvalue weighted by Crippen LogP contribution is -2.53. The Hall–Kier alpha value is -3.81. The van der Waals surface area contributed by atoms with Gasteiger partial charge >= 0.3 is 6.09 Å². The average molecular weight is 437 g/mol. The Labute approximate surface area is 186 Å². The fourth-order valence-electron chi connectivity index (χ4n) is 3.48. The normalized spacial score (nSPS) is 12.7. The second-order valence-corrected chi connectivity index (χ2v) is 7.57. The molecule has 0 bridgehead atoms. The largest absolute Gasteiger partial charge is 0.445 e. The lowest BCUT2D eigenvalue weighted by atomic mass is 10.0. The second kappa shape index (κ2) is 11.0. The van der Waals surface area contributed by atoms with Crippen molar-refractivity contribution in [2.45, 2.75) is 44.9 Å². The van der Waals surface area contributed by atoms with Gasteiger partial charge in [0.2, 0.25) is 11.8 Å². The molecule has 0 aliphatic heterocycles. The van der Waals surface area contributed by atoms with Gasteiger partial charge in [-0.05, 0) is 23.6 Å². The number of hydrogen-bond donors (Lipinski definition) is 4. The molecule has 0 spiro atoms. The summed E-state index contributed by atoms with van der Waals surface area (Å²) in [6.45, 7) is 1.99. The highest BCUT2D eigenvalue weighted by atomic mass is 16.5. The molecule has 0 fully saturated rings. The molecule has 3 rings (SSSR count). The third kappa shape index (κ3) is 6.10. The van der Waals surface area contributed by atoms with Crippen molar-refractivity contribution in [1.82, 2.24) is 15.6 Å². The highest BCUT2D eigenvalue weighted by Crippen LogP contribution is 2.19. The van der Waals surface area contributed by atoms with Crippen molar-refractivity contribution in [3.8, 4) is 0 Å². The maximum atomic E-state index is 12.9. The summed E-state index contributed by atoms with van der Waals surface area (Å²) in [5.74, 6) is -1.13. The first-order valence-corrected chi connectivity index (χ1v) is 10.6. The molecule has 5 N–H and O–H groups in total. The number of primary amides is 1. The van der Waals surface area contributed by atoms with E-state index in [0.717, 1.165) is 22.0 Å². The minimum atomic E-state index is -0.914. The van der Waals surface area contributed by atoms with Crippen LogP contribution in [0.5, 0.6) is 0 Å². The van der Waals surface area contributed by atoms with Crippen molar-refractivity contribution in [1.29, 1.82) is 0 Å². The highest BCUT2D eigenvalue weighted by molar-refractivity contribution is 5.91. The molecule has 0 aliphatic rings. The van der Waals surface area contributed by atoms with Gasteiger partial charge in [0, 0.05) is 23.5 Å². The van der Waals surface area contributed by atoms with Gasteiger partial charge in [0.25, 0.3) is 0 Å². The number of fused-ring (bicyclic) bond motifs is 1. The Morgan fingerprint density at radius 1 is 1.00 bits per heavy atom. The lowest BCUT2D eigenvalue weighted by Gasteiger charge is -2.21. The summed E-state index contributed by atoms with van der Waals surface area (Å²) >= 11 is 0. The van der Waals surface area contributed by atoms with Crippen LogP contribution in [0.3, 0.4) is 0 Å². The predicted molar refractivity (Wildman–Crippen MR) is 122 cm³/mol. The number of amides is 3. The number of nitrogens with two attached hydrogens (primary N) is 1. The number of nitrogens with one attached hydrogen (secondary N) is 3. The number of para-hydroxylation sites is 1. The van der Waals surface area contributed by atoms with E-state index in [9.17, 15) is 14.4 Å². The Morgan fingerprint density at radius 3 is 2.44 bits per heavy atom. The van der Waals surface area contributed by atoms with Crippen LogP contribution in [0.15, 0.2) is 60.8 Å². The Bertz CT molecular complexity index is 1060. The fourth-order valence-corrected chi connectivity index (χ4v) is 3.48. The maximum absolute atomic E-state index is 12.9. The SMILES string of the molecule is CCCC(NC(=O)OCc1ccccc1)C(=O)NC(Cc1c[nH]c2ccccc12)C(N)=O. The van der Waals surface area contributed by atoms with Gasteiger partial charge in [-0.1, -0.05) is 61.9 Å². The summed E-state index contributed by atoms with van der Waals surface area (Å²) in [4.78, 5) is 40.3. The number of benzene rings is 2. The number of hydrogen-bond acceptors (Lipinski definition) is 4. The van der Waals surface area contributed by atoms with E-state index < -0.39 is 30.0 Å². The molecule has 0 radical (unpaired) electrons. The van der Waals surface area contributed by atoms with E-state index in [1.807, 2.05) is 61.5 Å². The van der Waals surface area contributed by atoms with E-state index >= 15 is 0 Å². The molecule has 2 unspecified atom stereocenters. The smallest absolute Gasteiger partial charge is 0.408 e. The number of alkyl carbamates (subject to hydrolysis) is 1. The van der Waals surface area contributed by atoms with Gasteiger partial charge in [0.05, 0.1) is 0 Å². The van der Waals surface area contributed by atoms with Gasteiger partial charge in [-0.2, -0.15) is 0 Å². The van der Waals surface area contributed by atoms with Crippen molar-refractivity contribution < 1.29 is 19.1 Å². The number of carbonyl (C=O) groups excluding carboxylic acids is 3. The predicted octanol–water partition coefficient (Wildman–Crippen LogP) is 2.78. The van der Waals surface area contributed by atoms with Crippen molar-refractivity contribution in [2.75, 3.05) is 0 Å². The molecular weight excluding hydrogens is 408 g/mol. The molecule has 0 aliphatic carbocycles. The highest BCUT2D eigenvalue weighted by Gasteiger charge is 2.26. The number of ether oxygens (including phenoxy) is 1. The van der Waals surface area contributed by atoms with Gasteiger partial charge in [0.15, 0.2) is 0 Å². The average Bonchev–Trinajstić information content (AvgIpc) is 3.20. The van der Waals surface area contributed by atoms with E-state index in [2.05, 4.69) is 15.6 Å². The first-order valence-electron chi connectivity index (χ1n) is 10.6. The lowest BCUT2D eigenvalue weighted by molar-refractivity contribution is -0.128. The zero-order chi connectivity index (χ0) is 22.9. The first kappa shape index (κ1) is 22.9. The van der Waals surface area contributed by atoms with Crippen LogP contribution in [-0.4, -0.2) is 35.0 Å². The zero-order valence-corrected chi connectivity index (χ0v) is 18.0. The molecular formula is C24H28N4O4. The number of rotatable bonds is 10. The number of H-pyrrole nitrogens is 1. The van der Waals surface area contributed by atoms with E-state index in [1.165, 1.54) is 0 Å². The maximum Gasteiger partial charge on any atom is 0.408 e. The van der Waals surface area contributed by atoms with Crippen LogP contribution in [0.25, 0.3) is 10.9 Å². The van der Waals surface area contributed by atoms with Crippen molar-refractivity contribution in [2.24, 2.45) is 5.73 Å². The summed E-state index contributed by atoms with van der Waals surface area (Å²) in [5, 5.41) is 6.23. The second-order valence-electron chi connectivity index (χ2n) is 7.57. The molecule has 0 saturated carbocycles. The van der Waals surface area contributed by atoms with Crippen molar-refractivity contribution >= 4 is 28.8 Å². The van der Waals surface area contributed by atoms with Crippen LogP contribution < -0.4 is 16.4 Å². The third-order valence-corrected chi connectivity index (χ3v) is 5.16. The Morgan fingerprint density at radius 2 is 1.72 bits per heavy atom. The van der Waals surface area contributed by atoms with Crippen molar-refractivity contribution in [3.63, 3.8) is 0 Å². The minimum absolute atomic E-state index is 0.0949. The molecule has 8 nitrogen and oxygen atoms in total.